The first-order valence-corrected chi connectivity index (χ1v) is 8.16. The lowest BCUT2D eigenvalue weighted by Gasteiger charge is -2.17. The van der Waals surface area contributed by atoms with Gasteiger partial charge >= 0.3 is 0 Å². The van der Waals surface area contributed by atoms with Gasteiger partial charge in [-0.1, -0.05) is 19.8 Å². The van der Waals surface area contributed by atoms with Gasteiger partial charge in [0.25, 0.3) is 0 Å². The normalized spacial score (nSPS) is 19.3. The highest BCUT2D eigenvalue weighted by molar-refractivity contribution is 6.00. The van der Waals surface area contributed by atoms with E-state index >= 15 is 0 Å². The molecular formula is C17H22N2O4. The Morgan fingerprint density at radius 1 is 1.30 bits per heavy atom. The molecule has 0 bridgehead atoms. The second-order valence-corrected chi connectivity index (χ2v) is 5.94. The first-order valence-electron chi connectivity index (χ1n) is 8.16. The summed E-state index contributed by atoms with van der Waals surface area (Å²) in [4.78, 5) is 26.1. The number of amides is 2. The second-order valence-electron chi connectivity index (χ2n) is 5.94. The fourth-order valence-electron chi connectivity index (χ4n) is 2.92. The molecular weight excluding hydrogens is 296 g/mol. The molecule has 0 aliphatic carbocycles. The zero-order chi connectivity index (χ0) is 16.2. The third-order valence-electron chi connectivity index (χ3n) is 4.24. The van der Waals surface area contributed by atoms with E-state index in [1.165, 1.54) is 0 Å². The number of carbonyl (C=O) groups is 2. The monoisotopic (exact) mass is 318 g/mol. The number of unbranched alkanes of at least 4 members (excludes halogenated alkanes) is 2. The summed E-state index contributed by atoms with van der Waals surface area (Å²) in [6.45, 7) is 3.43. The Morgan fingerprint density at radius 2 is 2.13 bits per heavy atom. The number of nitrogens with zero attached hydrogens (tertiary/aromatic N) is 1. The van der Waals surface area contributed by atoms with E-state index in [-0.39, 0.29) is 30.9 Å². The summed E-state index contributed by atoms with van der Waals surface area (Å²) in [7, 11) is 0. The van der Waals surface area contributed by atoms with E-state index in [1.54, 1.807) is 17.0 Å². The Morgan fingerprint density at radius 3 is 2.96 bits per heavy atom. The number of ether oxygens (including phenoxy) is 2. The number of fused-ring (bicyclic) bond motifs is 1. The number of anilines is 1. The molecule has 1 atom stereocenters. The highest BCUT2D eigenvalue weighted by Gasteiger charge is 2.35. The second kappa shape index (κ2) is 6.89. The quantitative estimate of drug-likeness (QED) is 0.815. The van der Waals surface area contributed by atoms with Crippen LogP contribution in [0.3, 0.4) is 0 Å². The molecule has 1 unspecified atom stereocenters. The minimum atomic E-state index is -0.283. The minimum absolute atomic E-state index is 0.0299. The molecule has 0 aromatic heterocycles. The SMILES string of the molecule is CCCCCNC(=O)C1CC(=O)N(c2ccc3c(c2)OCO3)C1. The molecule has 0 radical (unpaired) electrons. The minimum Gasteiger partial charge on any atom is -0.454 e. The van der Waals surface area contributed by atoms with Crippen molar-refractivity contribution in [3.05, 3.63) is 18.2 Å². The van der Waals surface area contributed by atoms with Gasteiger partial charge in [-0.2, -0.15) is 0 Å². The molecule has 23 heavy (non-hydrogen) atoms. The third kappa shape index (κ3) is 3.41. The standard InChI is InChI=1S/C17H22N2O4/c1-2-3-4-7-18-17(21)12-8-16(20)19(10-12)13-5-6-14-15(9-13)23-11-22-14/h5-6,9,12H,2-4,7-8,10-11H2,1H3,(H,18,21). The summed E-state index contributed by atoms with van der Waals surface area (Å²) in [6.07, 6.45) is 3.46. The van der Waals surface area contributed by atoms with Crippen LogP contribution in [0.25, 0.3) is 0 Å². The molecule has 6 nitrogen and oxygen atoms in total. The van der Waals surface area contributed by atoms with Crippen molar-refractivity contribution in [3.8, 4) is 11.5 Å². The highest BCUT2D eigenvalue weighted by atomic mass is 16.7. The molecule has 2 aliphatic rings. The number of rotatable bonds is 6. The lowest BCUT2D eigenvalue weighted by Crippen LogP contribution is -2.33. The van der Waals surface area contributed by atoms with Gasteiger partial charge in [-0.05, 0) is 18.6 Å². The Kier molecular flexibility index (Phi) is 4.69. The van der Waals surface area contributed by atoms with Crippen LogP contribution in [-0.4, -0.2) is 31.7 Å². The van der Waals surface area contributed by atoms with Crippen LogP contribution in [0.15, 0.2) is 18.2 Å². The lowest BCUT2D eigenvalue weighted by atomic mass is 10.1. The van der Waals surface area contributed by atoms with Crippen LogP contribution < -0.4 is 19.7 Å². The van der Waals surface area contributed by atoms with Gasteiger partial charge in [-0.25, -0.2) is 0 Å². The molecule has 1 fully saturated rings. The summed E-state index contributed by atoms with van der Waals surface area (Å²) < 4.78 is 10.6. The van der Waals surface area contributed by atoms with Gasteiger partial charge in [0.2, 0.25) is 18.6 Å². The van der Waals surface area contributed by atoms with Crippen molar-refractivity contribution in [1.29, 1.82) is 0 Å². The van der Waals surface area contributed by atoms with E-state index in [4.69, 9.17) is 9.47 Å². The molecule has 1 N–H and O–H groups in total. The molecule has 1 aromatic carbocycles. The maximum atomic E-state index is 12.2. The van der Waals surface area contributed by atoms with Gasteiger partial charge in [0.1, 0.15) is 0 Å². The Hall–Kier alpha value is -2.24. The molecule has 0 saturated carbocycles. The van der Waals surface area contributed by atoms with Crippen molar-refractivity contribution in [2.45, 2.75) is 32.6 Å². The first kappa shape index (κ1) is 15.6. The van der Waals surface area contributed by atoms with E-state index in [9.17, 15) is 9.59 Å². The summed E-state index contributed by atoms with van der Waals surface area (Å²) in [5, 5.41) is 2.93. The van der Waals surface area contributed by atoms with Gasteiger partial charge in [-0.3, -0.25) is 9.59 Å². The average molecular weight is 318 g/mol. The molecule has 2 heterocycles. The smallest absolute Gasteiger partial charge is 0.231 e. The maximum absolute atomic E-state index is 12.2. The van der Waals surface area contributed by atoms with E-state index in [1.807, 2.05) is 6.07 Å². The molecule has 2 aliphatic heterocycles. The molecule has 2 amide bonds. The Balaban J connectivity index is 1.60. The third-order valence-corrected chi connectivity index (χ3v) is 4.24. The van der Waals surface area contributed by atoms with E-state index in [2.05, 4.69) is 12.2 Å². The predicted octanol–water partition coefficient (Wildman–Crippen LogP) is 2.07. The van der Waals surface area contributed by atoms with Gasteiger partial charge in [0.15, 0.2) is 11.5 Å². The van der Waals surface area contributed by atoms with Crippen molar-refractivity contribution in [3.63, 3.8) is 0 Å². The van der Waals surface area contributed by atoms with Crippen molar-refractivity contribution >= 4 is 17.5 Å². The van der Waals surface area contributed by atoms with Crippen LogP contribution in [0.1, 0.15) is 32.6 Å². The number of hydrogen-bond acceptors (Lipinski definition) is 4. The molecule has 1 aromatic rings. The Bertz CT molecular complexity index is 602. The molecule has 0 spiro atoms. The van der Waals surface area contributed by atoms with Gasteiger partial charge in [-0.15, -0.1) is 0 Å². The average Bonchev–Trinajstić information content (AvgIpc) is 3.16. The van der Waals surface area contributed by atoms with Gasteiger partial charge < -0.3 is 19.7 Å². The van der Waals surface area contributed by atoms with Crippen LogP contribution in [0, 0.1) is 5.92 Å². The van der Waals surface area contributed by atoms with Gasteiger partial charge in [0, 0.05) is 31.3 Å². The van der Waals surface area contributed by atoms with Crippen LogP contribution in [0.2, 0.25) is 0 Å². The number of carbonyl (C=O) groups excluding carboxylic acids is 2. The highest BCUT2D eigenvalue weighted by Crippen LogP contribution is 2.37. The summed E-state index contributed by atoms with van der Waals surface area (Å²) in [6, 6.07) is 5.41. The van der Waals surface area contributed by atoms with Crippen molar-refractivity contribution in [2.75, 3.05) is 24.8 Å². The largest absolute Gasteiger partial charge is 0.454 e. The topological polar surface area (TPSA) is 67.9 Å². The summed E-state index contributed by atoms with van der Waals surface area (Å²) in [5.74, 6) is 0.984. The first-order chi connectivity index (χ1) is 11.2. The maximum Gasteiger partial charge on any atom is 0.231 e. The number of hydrogen-bond donors (Lipinski definition) is 1. The zero-order valence-corrected chi connectivity index (χ0v) is 13.3. The van der Waals surface area contributed by atoms with Crippen molar-refractivity contribution in [1.82, 2.24) is 5.32 Å². The number of nitrogens with one attached hydrogen (secondary N) is 1. The fraction of sp³-hybridized carbons (Fsp3) is 0.529. The number of benzene rings is 1. The molecule has 3 rings (SSSR count). The summed E-state index contributed by atoms with van der Waals surface area (Å²) in [5.41, 5.74) is 0.750. The predicted molar refractivity (Wildman–Crippen MR) is 85.6 cm³/mol. The Labute approximate surface area is 135 Å². The van der Waals surface area contributed by atoms with Crippen LogP contribution in [-0.2, 0) is 9.59 Å². The molecule has 6 heteroatoms. The van der Waals surface area contributed by atoms with E-state index < -0.39 is 0 Å². The molecule has 1 saturated heterocycles. The van der Waals surface area contributed by atoms with Gasteiger partial charge in [0.05, 0.1) is 5.92 Å². The summed E-state index contributed by atoms with van der Waals surface area (Å²) >= 11 is 0. The van der Waals surface area contributed by atoms with Crippen molar-refractivity contribution in [2.24, 2.45) is 5.92 Å². The van der Waals surface area contributed by atoms with Crippen molar-refractivity contribution < 1.29 is 19.1 Å². The van der Waals surface area contributed by atoms with E-state index in [0.717, 1.165) is 24.9 Å². The van der Waals surface area contributed by atoms with Crippen LogP contribution in [0.4, 0.5) is 5.69 Å². The zero-order valence-electron chi connectivity index (χ0n) is 13.3. The van der Waals surface area contributed by atoms with Crippen LogP contribution >= 0.6 is 0 Å². The lowest BCUT2D eigenvalue weighted by molar-refractivity contribution is -0.126. The fourth-order valence-corrected chi connectivity index (χ4v) is 2.92. The van der Waals surface area contributed by atoms with E-state index in [0.29, 0.717) is 24.6 Å². The molecule has 124 valence electrons. The van der Waals surface area contributed by atoms with Crippen LogP contribution in [0.5, 0.6) is 11.5 Å².